The number of cyclic esters (lactones) is 1. The number of hydrogen-bond donors (Lipinski definition) is 13. The molecular weight excluding hydrogens is 973 g/mol. The van der Waals surface area contributed by atoms with E-state index in [0.29, 0.717) is 19.3 Å². The number of hydrogen-bond acceptors (Lipinski definition) is 15. The quantitative estimate of drug-likeness (QED) is 0.0702. The summed E-state index contributed by atoms with van der Waals surface area (Å²) in [6, 6.07) is -11.8. The van der Waals surface area contributed by atoms with Gasteiger partial charge in [-0.15, -0.1) is 0 Å². The van der Waals surface area contributed by atoms with E-state index in [1.807, 2.05) is 13.8 Å². The van der Waals surface area contributed by atoms with E-state index in [4.69, 9.17) is 21.9 Å². The number of carbonyl (C=O) groups is 10. The lowest BCUT2D eigenvalue weighted by Crippen LogP contribution is -2.62. The molecule has 16 N–H and O–H groups in total. The number of aliphatic hydroxyl groups excluding tert-OH is 1. The molecule has 24 nitrogen and oxygen atoms in total. The van der Waals surface area contributed by atoms with Crippen molar-refractivity contribution in [3.8, 4) is 0 Å². The maximum absolute atomic E-state index is 14.3. The summed E-state index contributed by atoms with van der Waals surface area (Å²) < 4.78 is 5.77. The number of esters is 1. The topological polar surface area (TPSA) is 386 Å². The van der Waals surface area contributed by atoms with Crippen LogP contribution in [0.3, 0.4) is 0 Å². The minimum Gasteiger partial charge on any atom is -0.460 e. The lowest BCUT2D eigenvalue weighted by atomic mass is 9.95. The molecule has 0 aromatic heterocycles. The number of amides is 9. The van der Waals surface area contributed by atoms with Gasteiger partial charge in [-0.1, -0.05) is 102 Å². The van der Waals surface area contributed by atoms with E-state index in [1.54, 1.807) is 69.2 Å². The molecule has 75 heavy (non-hydrogen) atoms. The zero-order valence-electron chi connectivity index (χ0n) is 46.6. The van der Waals surface area contributed by atoms with Crippen LogP contribution in [0.4, 0.5) is 0 Å². The molecule has 0 saturated carbocycles. The normalized spacial score (nSPS) is 27.7. The highest BCUT2D eigenvalue weighted by molar-refractivity contribution is 5.98. The van der Waals surface area contributed by atoms with E-state index in [2.05, 4.69) is 47.9 Å². The summed E-state index contributed by atoms with van der Waals surface area (Å²) in [4.78, 5) is 140. The van der Waals surface area contributed by atoms with Crippen LogP contribution in [0.15, 0.2) is 0 Å². The number of aliphatic hydroxyl groups is 1. The fraction of sp³-hybridized carbons (Fsp3) is 0.804. The summed E-state index contributed by atoms with van der Waals surface area (Å²) in [5, 5.41) is 34.4. The average molecular weight is 1070 g/mol. The maximum atomic E-state index is 14.3. The first kappa shape index (κ1) is 67.6. The van der Waals surface area contributed by atoms with E-state index >= 15 is 0 Å². The molecule has 9 amide bonds. The van der Waals surface area contributed by atoms with Gasteiger partial charge in [0, 0.05) is 0 Å². The molecule has 0 spiro atoms. The predicted molar refractivity (Wildman–Crippen MR) is 282 cm³/mol. The third-order valence-electron chi connectivity index (χ3n) is 13.5. The van der Waals surface area contributed by atoms with Crippen LogP contribution >= 0.6 is 0 Å². The van der Waals surface area contributed by atoms with Gasteiger partial charge in [-0.2, -0.15) is 0 Å². The molecule has 11 unspecified atom stereocenters. The molecule has 1 rings (SSSR count). The molecule has 1 aliphatic heterocycles. The lowest BCUT2D eigenvalue weighted by molar-refractivity contribution is -0.158. The van der Waals surface area contributed by atoms with Crippen LogP contribution in [0, 0.1) is 35.5 Å². The molecule has 0 radical (unpaired) electrons. The van der Waals surface area contributed by atoms with Crippen molar-refractivity contribution >= 4 is 59.1 Å². The molecule has 24 heteroatoms. The van der Waals surface area contributed by atoms with Crippen molar-refractivity contribution < 1.29 is 57.8 Å². The maximum Gasteiger partial charge on any atom is 0.331 e. The van der Waals surface area contributed by atoms with E-state index in [9.17, 15) is 53.1 Å². The molecule has 13 atom stereocenters. The average Bonchev–Trinajstić information content (AvgIpc) is 3.34. The van der Waals surface area contributed by atoms with E-state index in [0.717, 1.165) is 0 Å². The summed E-state index contributed by atoms with van der Waals surface area (Å²) in [7, 11) is 0. The molecule has 1 aliphatic rings. The van der Waals surface area contributed by atoms with Crippen molar-refractivity contribution in [3.63, 3.8) is 0 Å². The molecule has 0 bridgehead atoms. The fourth-order valence-corrected chi connectivity index (χ4v) is 8.21. The first-order chi connectivity index (χ1) is 35.2. The number of nitrogens with two attached hydrogens (primary N) is 3. The van der Waals surface area contributed by atoms with Crippen LogP contribution in [-0.2, 0) is 52.7 Å². The minimum absolute atomic E-state index is 0.0597. The molecule has 1 saturated heterocycles. The molecular formula is C51H94N12O12. The molecule has 0 aromatic carbocycles. The van der Waals surface area contributed by atoms with E-state index in [-0.39, 0.29) is 63.6 Å². The largest absolute Gasteiger partial charge is 0.460 e. The van der Waals surface area contributed by atoms with Gasteiger partial charge in [-0.25, -0.2) is 4.79 Å². The fourth-order valence-electron chi connectivity index (χ4n) is 8.21. The molecule has 1 fully saturated rings. The third-order valence-corrected chi connectivity index (χ3v) is 13.5. The Labute approximate surface area is 443 Å². The van der Waals surface area contributed by atoms with Gasteiger partial charge in [0.1, 0.15) is 54.4 Å². The van der Waals surface area contributed by atoms with Gasteiger partial charge < -0.3 is 74.9 Å². The second-order valence-corrected chi connectivity index (χ2v) is 21.1. The van der Waals surface area contributed by atoms with Crippen LogP contribution in [0.25, 0.3) is 0 Å². The second-order valence-electron chi connectivity index (χ2n) is 21.1. The highest BCUT2D eigenvalue weighted by Crippen LogP contribution is 2.18. The van der Waals surface area contributed by atoms with Crippen molar-refractivity contribution in [1.82, 2.24) is 47.9 Å². The van der Waals surface area contributed by atoms with E-state index in [1.165, 1.54) is 0 Å². The Morgan fingerprint density at radius 3 is 1.11 bits per heavy atom. The highest BCUT2D eigenvalue weighted by atomic mass is 16.5. The van der Waals surface area contributed by atoms with Crippen molar-refractivity contribution in [2.45, 2.75) is 201 Å². The lowest BCUT2D eigenvalue weighted by Gasteiger charge is -2.31. The highest BCUT2D eigenvalue weighted by Gasteiger charge is 2.38. The van der Waals surface area contributed by atoms with Crippen LogP contribution in [0.5, 0.6) is 0 Å². The summed E-state index contributed by atoms with van der Waals surface area (Å²) >= 11 is 0. The number of carbonyl (C=O) groups excluding carboxylic acids is 10. The van der Waals surface area contributed by atoms with E-state index < -0.39 is 156 Å². The molecule has 1 heterocycles. The van der Waals surface area contributed by atoms with Crippen molar-refractivity contribution in [3.05, 3.63) is 0 Å². The molecule has 0 aliphatic carbocycles. The minimum atomic E-state index is -1.65. The standard InChI is InChI=1S/C51H94N12O12/c1-13-29(10)38-24-39(65)55-32(16-19-52)43(66)62-41(30(11)14-2)49(72)57-34(18-21-54)45(68)63-42(31(12)15-3)50(73)59-35(22-26(4)5)46(69)56-33(17-20-53)44(67)61-40(28(8)9)48(71)58-36(23-27(6)7)47(70)60-37(25-64)51(74)75-38/h26-38,40-42,64H,13-25,52-54H2,1-12H3,(H,55,65)(H,56,69)(H,57,72)(H,58,71)(H,59,73)(H,60,70)(H,61,67)(H,62,66)(H,63,68)/t29?,30-,31?,32?,33?,34?,35?,36?,37?,38?,40?,41+,42?/m1/s1. The molecule has 430 valence electrons. The van der Waals surface area contributed by atoms with Crippen LogP contribution in [-0.4, -0.2) is 151 Å². The summed E-state index contributed by atoms with van der Waals surface area (Å²) in [5.74, 6) is -10.4. The zero-order chi connectivity index (χ0) is 57.3. The third kappa shape index (κ3) is 22.7. The Kier molecular flexibility index (Phi) is 30.9. The van der Waals surface area contributed by atoms with Crippen molar-refractivity contribution in [1.29, 1.82) is 0 Å². The van der Waals surface area contributed by atoms with Crippen LogP contribution in [0.1, 0.15) is 141 Å². The van der Waals surface area contributed by atoms with Gasteiger partial charge in [0.2, 0.25) is 53.2 Å². The zero-order valence-corrected chi connectivity index (χ0v) is 46.6. The monoisotopic (exact) mass is 1070 g/mol. The summed E-state index contributed by atoms with van der Waals surface area (Å²) in [6.45, 7) is 19.9. The molecule has 0 aromatic rings. The smallest absolute Gasteiger partial charge is 0.331 e. The van der Waals surface area contributed by atoms with Gasteiger partial charge in [-0.3, -0.25) is 43.2 Å². The summed E-state index contributed by atoms with van der Waals surface area (Å²) in [6.07, 6.45) is -0.430. The summed E-state index contributed by atoms with van der Waals surface area (Å²) in [5.41, 5.74) is 17.7. The van der Waals surface area contributed by atoms with Gasteiger partial charge in [0.05, 0.1) is 13.0 Å². The Morgan fingerprint density at radius 2 is 0.760 bits per heavy atom. The van der Waals surface area contributed by atoms with Gasteiger partial charge in [-0.05, 0) is 87.2 Å². The Bertz CT molecular complexity index is 1890. The van der Waals surface area contributed by atoms with Gasteiger partial charge in [0.25, 0.3) is 0 Å². The van der Waals surface area contributed by atoms with Gasteiger partial charge >= 0.3 is 5.97 Å². The Morgan fingerprint density at radius 1 is 0.440 bits per heavy atom. The van der Waals surface area contributed by atoms with Crippen molar-refractivity contribution in [2.24, 2.45) is 52.7 Å². The van der Waals surface area contributed by atoms with Crippen molar-refractivity contribution in [2.75, 3.05) is 26.2 Å². The van der Waals surface area contributed by atoms with Crippen LogP contribution < -0.4 is 65.1 Å². The Hall–Kier alpha value is -5.46. The van der Waals surface area contributed by atoms with Crippen LogP contribution in [0.2, 0.25) is 0 Å². The number of nitrogens with one attached hydrogen (secondary N) is 9. The SMILES string of the molecule is CCC(C)C1CC(=O)NC(CCN)C(=O)N[C@@H]([C@H](C)CC)C(=O)NC(CCN)C(=O)NC(C(C)CC)C(=O)NC(CC(C)C)C(=O)NC(CCN)C(=O)NC(C(C)C)C(=O)NC(CC(C)C)C(=O)NC(CO)C(=O)O1. The van der Waals surface area contributed by atoms with Gasteiger partial charge in [0.15, 0.2) is 6.04 Å². The Balaban J connectivity index is 4.04. The number of rotatable bonds is 18. The first-order valence-corrected chi connectivity index (χ1v) is 26.9. The predicted octanol–water partition coefficient (Wildman–Crippen LogP) is -1.41. The second kappa shape index (κ2) is 34.3. The number of ether oxygens (including phenoxy) is 1. The first-order valence-electron chi connectivity index (χ1n) is 26.9.